The Balaban J connectivity index is 1.74. The largest absolute Gasteiger partial charge is 0.387 e. The Morgan fingerprint density at radius 2 is 2.08 bits per heavy atom. The smallest absolute Gasteiger partial charge is 0.290 e. The van der Waals surface area contributed by atoms with Gasteiger partial charge in [-0.25, -0.2) is 9.97 Å². The van der Waals surface area contributed by atoms with Crippen LogP contribution in [0.1, 0.15) is 38.2 Å². The Kier molecular flexibility index (Phi) is 11.4. The number of likely N-dealkylation sites (N-methyl/N-ethyl adjacent to an activating group) is 1. The number of carbonyl (C=O) groups excluding carboxylic acids is 2. The number of carbonyl (C=O) groups is 2. The molecule has 1 aromatic heterocycles. The normalized spacial score (nSPS) is 18.7. The summed E-state index contributed by atoms with van der Waals surface area (Å²) in [5.41, 5.74) is 1.79. The molecule has 2 heterocycles. The van der Waals surface area contributed by atoms with Gasteiger partial charge in [-0.05, 0) is 42.8 Å². The maximum absolute atomic E-state index is 12.1. The average molecular weight is 527 g/mol. The van der Waals surface area contributed by atoms with Gasteiger partial charge < -0.3 is 15.0 Å². The number of imide groups is 1. The lowest BCUT2D eigenvalue weighted by Gasteiger charge is -2.23. The van der Waals surface area contributed by atoms with E-state index in [1.807, 2.05) is 18.0 Å². The van der Waals surface area contributed by atoms with Crippen LogP contribution in [0.5, 0.6) is 0 Å². The van der Waals surface area contributed by atoms with E-state index in [9.17, 15) is 9.59 Å². The van der Waals surface area contributed by atoms with Gasteiger partial charge in [0.2, 0.25) is 0 Å². The van der Waals surface area contributed by atoms with Crippen LogP contribution < -0.4 is 15.5 Å². The summed E-state index contributed by atoms with van der Waals surface area (Å²) >= 11 is 0.886. The molecule has 1 saturated heterocycles. The van der Waals surface area contributed by atoms with Gasteiger partial charge in [-0.3, -0.25) is 19.8 Å². The van der Waals surface area contributed by atoms with E-state index in [2.05, 4.69) is 59.8 Å². The minimum atomic E-state index is -0.397. The van der Waals surface area contributed by atoms with Crippen molar-refractivity contribution in [3.8, 4) is 0 Å². The predicted octanol–water partition coefficient (Wildman–Crippen LogP) is 3.72. The van der Waals surface area contributed by atoms with Crippen LogP contribution in [0.4, 0.5) is 10.6 Å². The number of rotatable bonds is 13. The van der Waals surface area contributed by atoms with Crippen molar-refractivity contribution in [3.05, 3.63) is 58.6 Å². The second-order valence-corrected chi connectivity index (χ2v) is 10.1. The van der Waals surface area contributed by atoms with E-state index in [0.29, 0.717) is 42.0 Å². The van der Waals surface area contributed by atoms with Gasteiger partial charge >= 0.3 is 0 Å². The molecular weight excluding hydrogens is 488 g/mol. The summed E-state index contributed by atoms with van der Waals surface area (Å²) in [6.45, 7) is 8.70. The number of hydrogen-bond acceptors (Lipinski definition) is 9. The zero-order chi connectivity index (χ0) is 26.6. The van der Waals surface area contributed by atoms with E-state index in [0.717, 1.165) is 50.1 Å². The van der Waals surface area contributed by atoms with E-state index in [1.165, 1.54) is 5.70 Å². The highest BCUT2D eigenvalue weighted by Gasteiger charge is 2.25. The van der Waals surface area contributed by atoms with Crippen LogP contribution in [0.2, 0.25) is 0 Å². The molecular formula is C27H38N6O3S. The summed E-state index contributed by atoms with van der Waals surface area (Å²) in [7, 11) is 3.61. The van der Waals surface area contributed by atoms with Gasteiger partial charge in [0.1, 0.15) is 11.6 Å². The molecule has 10 heteroatoms. The Labute approximate surface area is 224 Å². The molecule has 0 bridgehead atoms. The molecule has 3 rings (SSSR count). The van der Waals surface area contributed by atoms with Crippen molar-refractivity contribution in [3.63, 3.8) is 0 Å². The highest BCUT2D eigenvalue weighted by Crippen LogP contribution is 2.26. The third kappa shape index (κ3) is 9.46. The maximum Gasteiger partial charge on any atom is 0.290 e. The van der Waals surface area contributed by atoms with E-state index >= 15 is 0 Å². The first-order chi connectivity index (χ1) is 17.9. The van der Waals surface area contributed by atoms with Crippen molar-refractivity contribution < 1.29 is 14.3 Å². The Bertz CT molecular complexity index is 1070. The van der Waals surface area contributed by atoms with Crippen molar-refractivity contribution in [1.29, 1.82) is 0 Å². The molecule has 9 nitrogen and oxygen atoms in total. The number of anilines is 1. The molecule has 37 heavy (non-hydrogen) atoms. The van der Waals surface area contributed by atoms with Crippen LogP contribution in [-0.2, 0) is 16.1 Å². The van der Waals surface area contributed by atoms with Gasteiger partial charge in [0.05, 0.1) is 23.8 Å². The molecule has 1 aromatic rings. The fourth-order valence-corrected chi connectivity index (χ4v) is 4.59. The third-order valence-corrected chi connectivity index (χ3v) is 6.71. The maximum atomic E-state index is 12.1. The van der Waals surface area contributed by atoms with Gasteiger partial charge in [0.15, 0.2) is 0 Å². The fourth-order valence-electron chi connectivity index (χ4n) is 3.92. The van der Waals surface area contributed by atoms with Gasteiger partial charge in [-0.15, -0.1) is 0 Å². The number of ether oxygens (including phenoxy) is 1. The van der Waals surface area contributed by atoms with Gasteiger partial charge in [0.25, 0.3) is 11.1 Å². The van der Waals surface area contributed by atoms with Gasteiger partial charge in [0, 0.05) is 52.0 Å². The second kappa shape index (κ2) is 14.7. The number of aromatic nitrogens is 2. The van der Waals surface area contributed by atoms with Crippen molar-refractivity contribution in [2.24, 2.45) is 5.92 Å². The number of thioether (sulfide) groups is 1. The highest BCUT2D eigenvalue weighted by atomic mass is 32.2. The molecule has 1 aliphatic carbocycles. The van der Waals surface area contributed by atoms with Crippen LogP contribution in [0, 0.1) is 5.92 Å². The molecule has 1 fully saturated rings. The summed E-state index contributed by atoms with van der Waals surface area (Å²) in [4.78, 5) is 37.9. The molecule has 0 radical (unpaired) electrons. The topological polar surface area (TPSA) is 99.7 Å². The lowest BCUT2D eigenvalue weighted by atomic mass is 10.1. The van der Waals surface area contributed by atoms with Crippen LogP contribution in [-0.4, -0.2) is 73.0 Å². The number of allylic oxidation sites excluding steroid dienone is 5. The number of nitrogens with zero attached hydrogens (tertiary/aromatic N) is 4. The van der Waals surface area contributed by atoms with Crippen LogP contribution in [0.15, 0.2) is 47.0 Å². The van der Waals surface area contributed by atoms with Crippen molar-refractivity contribution in [1.82, 2.24) is 25.5 Å². The number of amides is 2. The molecule has 2 amide bonds. The van der Waals surface area contributed by atoms with Crippen LogP contribution >= 0.6 is 11.8 Å². The van der Waals surface area contributed by atoms with Crippen LogP contribution in [0.25, 0.3) is 6.08 Å². The van der Waals surface area contributed by atoms with Gasteiger partial charge in [-0.2, -0.15) is 0 Å². The standard InChI is InChI=1S/C27H38N6O3S/c1-5-13-33(14-12-28-21-10-6-8-20(2)9-7-11-21)19-24-29-22(17-23-26(34)31-27(35)37-23)18-25(30-24)32(3)15-16-36-4/h6-10,17-18,20,28H,5,11-16,19H2,1-4H3,(H,31,34,35)/b8-6?,9-7?,21-10?,23-17-. The number of nitrogens with one attached hydrogen (secondary N) is 2. The summed E-state index contributed by atoms with van der Waals surface area (Å²) in [6.07, 6.45) is 14.4. The van der Waals surface area contributed by atoms with Crippen molar-refractivity contribution in [2.45, 2.75) is 33.2 Å². The van der Waals surface area contributed by atoms with Gasteiger partial charge in [-0.1, -0.05) is 38.2 Å². The zero-order valence-corrected chi connectivity index (χ0v) is 23.0. The molecule has 1 atom stereocenters. The SMILES string of the molecule is CCCN(CCNC1=CC=CC(C)C=CC1)Cc1nc(/C=C2\SC(=O)NC2=O)cc(N(C)CCOC)n1. The van der Waals surface area contributed by atoms with E-state index in [4.69, 9.17) is 14.7 Å². The molecule has 0 aromatic carbocycles. The van der Waals surface area contributed by atoms with E-state index < -0.39 is 5.91 Å². The summed E-state index contributed by atoms with van der Waals surface area (Å²) in [6, 6.07) is 1.83. The monoisotopic (exact) mass is 526 g/mol. The Morgan fingerprint density at radius 1 is 1.24 bits per heavy atom. The summed E-state index contributed by atoms with van der Waals surface area (Å²) < 4.78 is 5.22. The number of methoxy groups -OCH3 is 1. The molecule has 0 saturated carbocycles. The summed E-state index contributed by atoms with van der Waals surface area (Å²) in [5.74, 6) is 1.48. The minimum absolute atomic E-state index is 0.333. The van der Waals surface area contributed by atoms with Crippen molar-refractivity contribution >= 4 is 34.8 Å². The quantitative estimate of drug-likeness (QED) is 0.294. The third-order valence-electron chi connectivity index (χ3n) is 5.90. The molecule has 2 aliphatic rings. The van der Waals surface area contributed by atoms with E-state index in [-0.39, 0.29) is 5.24 Å². The van der Waals surface area contributed by atoms with Crippen molar-refractivity contribution in [2.75, 3.05) is 51.8 Å². The lowest BCUT2D eigenvalue weighted by molar-refractivity contribution is -0.115. The Morgan fingerprint density at radius 3 is 2.81 bits per heavy atom. The summed E-state index contributed by atoms with van der Waals surface area (Å²) in [5, 5.41) is 5.49. The molecule has 200 valence electrons. The fraction of sp³-hybridized carbons (Fsp3) is 0.481. The minimum Gasteiger partial charge on any atom is -0.387 e. The molecule has 1 aliphatic heterocycles. The molecule has 1 unspecified atom stereocenters. The highest BCUT2D eigenvalue weighted by molar-refractivity contribution is 8.18. The number of hydrogen-bond donors (Lipinski definition) is 2. The molecule has 2 N–H and O–H groups in total. The predicted molar refractivity (Wildman–Crippen MR) is 150 cm³/mol. The second-order valence-electron chi connectivity index (χ2n) is 9.10. The first-order valence-electron chi connectivity index (χ1n) is 12.7. The molecule has 0 spiro atoms. The average Bonchev–Trinajstić information content (AvgIpc) is 3.16. The zero-order valence-electron chi connectivity index (χ0n) is 22.2. The Hall–Kier alpha value is -2.95. The lowest BCUT2D eigenvalue weighted by Crippen LogP contribution is -2.33. The van der Waals surface area contributed by atoms with Crippen LogP contribution in [0.3, 0.4) is 0 Å². The first-order valence-corrected chi connectivity index (χ1v) is 13.5. The first kappa shape index (κ1) is 28.6. The van der Waals surface area contributed by atoms with E-state index in [1.54, 1.807) is 13.2 Å².